The second-order valence-corrected chi connectivity index (χ2v) is 6.37. The molecule has 0 fully saturated rings. The summed E-state index contributed by atoms with van der Waals surface area (Å²) in [4.78, 5) is 1.21. The summed E-state index contributed by atoms with van der Waals surface area (Å²) < 4.78 is 7.00. The minimum absolute atomic E-state index is 0.0400. The fourth-order valence-electron chi connectivity index (χ4n) is 2.29. The first-order chi connectivity index (χ1) is 8.65. The van der Waals surface area contributed by atoms with Gasteiger partial charge in [0.1, 0.15) is 11.9 Å². The highest BCUT2D eigenvalue weighted by Gasteiger charge is 2.29. The van der Waals surface area contributed by atoms with Crippen molar-refractivity contribution >= 4 is 27.3 Å². The second-order valence-electron chi connectivity index (χ2n) is 4.51. The maximum Gasteiger partial charge on any atom is 0.136 e. The van der Waals surface area contributed by atoms with Gasteiger partial charge in [-0.2, -0.15) is 0 Å². The molecule has 0 saturated heterocycles. The van der Waals surface area contributed by atoms with E-state index in [1.807, 2.05) is 18.2 Å². The first-order valence-corrected chi connectivity index (χ1v) is 7.50. The third-order valence-corrected chi connectivity index (χ3v) is 4.84. The van der Waals surface area contributed by atoms with Gasteiger partial charge >= 0.3 is 0 Å². The van der Waals surface area contributed by atoms with E-state index in [0.717, 1.165) is 15.8 Å². The highest BCUT2D eigenvalue weighted by atomic mass is 79.9. The van der Waals surface area contributed by atoms with E-state index in [1.165, 1.54) is 10.4 Å². The molecule has 1 N–H and O–H groups in total. The molecule has 2 atom stereocenters. The lowest BCUT2D eigenvalue weighted by molar-refractivity contribution is 0.0671. The number of halogens is 1. The molecular weight excluding hydrogens is 312 g/mol. The van der Waals surface area contributed by atoms with Crippen LogP contribution < -0.4 is 4.74 Å². The Morgan fingerprint density at radius 2 is 2.22 bits per heavy atom. The van der Waals surface area contributed by atoms with Crippen LogP contribution in [0.15, 0.2) is 34.1 Å². The minimum Gasteiger partial charge on any atom is -0.484 e. The van der Waals surface area contributed by atoms with Gasteiger partial charge < -0.3 is 9.84 Å². The molecule has 0 amide bonds. The van der Waals surface area contributed by atoms with Crippen molar-refractivity contribution in [3.63, 3.8) is 0 Å². The lowest BCUT2D eigenvalue weighted by Gasteiger charge is -2.29. The fourth-order valence-corrected chi connectivity index (χ4v) is 3.60. The maximum atomic E-state index is 10.2. The van der Waals surface area contributed by atoms with Crippen LogP contribution in [0.1, 0.15) is 34.6 Å². The lowest BCUT2D eigenvalue weighted by atomic mass is 9.97. The van der Waals surface area contributed by atoms with Gasteiger partial charge in [-0.25, -0.2) is 0 Å². The monoisotopic (exact) mass is 324 g/mol. The summed E-state index contributed by atoms with van der Waals surface area (Å²) >= 11 is 5.12. The molecule has 2 aromatic rings. The topological polar surface area (TPSA) is 29.5 Å². The zero-order valence-corrected chi connectivity index (χ0v) is 12.3. The third-order valence-electron chi connectivity index (χ3n) is 3.24. The van der Waals surface area contributed by atoms with E-state index in [4.69, 9.17) is 4.74 Å². The van der Waals surface area contributed by atoms with Gasteiger partial charge in [0.25, 0.3) is 0 Å². The van der Waals surface area contributed by atoms with Crippen LogP contribution in [0.2, 0.25) is 0 Å². The van der Waals surface area contributed by atoms with Crippen molar-refractivity contribution in [2.75, 3.05) is 0 Å². The van der Waals surface area contributed by atoms with E-state index in [1.54, 1.807) is 11.3 Å². The van der Waals surface area contributed by atoms with Gasteiger partial charge in [0, 0.05) is 21.3 Å². The molecule has 1 aromatic heterocycles. The summed E-state index contributed by atoms with van der Waals surface area (Å²) in [7, 11) is 0. The smallest absolute Gasteiger partial charge is 0.136 e. The Bertz CT molecular complexity index is 579. The zero-order chi connectivity index (χ0) is 12.7. The van der Waals surface area contributed by atoms with Gasteiger partial charge in [0.05, 0.1) is 6.10 Å². The standard InChI is InChI=1S/C14H13BrO2S/c1-8-4-5-18-14(8)13-7-11(16)10-3-2-9(15)6-12(10)17-13/h2-6,11,13,16H,7H2,1H3/t11-,13?/m1/s1. The average Bonchev–Trinajstić information content (AvgIpc) is 2.74. The molecule has 2 heterocycles. The van der Waals surface area contributed by atoms with Crippen molar-refractivity contribution in [3.8, 4) is 5.75 Å². The van der Waals surface area contributed by atoms with Crippen LogP contribution in [-0.4, -0.2) is 5.11 Å². The molecule has 1 aromatic carbocycles. The van der Waals surface area contributed by atoms with E-state index in [2.05, 4.69) is 34.3 Å². The van der Waals surface area contributed by atoms with E-state index in [-0.39, 0.29) is 6.10 Å². The summed E-state index contributed by atoms with van der Waals surface area (Å²) in [5.74, 6) is 0.779. The van der Waals surface area contributed by atoms with E-state index in [0.29, 0.717) is 6.42 Å². The first-order valence-electron chi connectivity index (χ1n) is 5.83. The molecule has 18 heavy (non-hydrogen) atoms. The number of benzene rings is 1. The van der Waals surface area contributed by atoms with Gasteiger partial charge in [-0.3, -0.25) is 0 Å². The van der Waals surface area contributed by atoms with Crippen LogP contribution in [0.3, 0.4) is 0 Å². The van der Waals surface area contributed by atoms with Gasteiger partial charge in [0.2, 0.25) is 0 Å². The summed E-state index contributed by atoms with van der Waals surface area (Å²) in [5, 5.41) is 12.3. The number of hydrogen-bond acceptors (Lipinski definition) is 3. The van der Waals surface area contributed by atoms with Crippen LogP contribution in [0.25, 0.3) is 0 Å². The van der Waals surface area contributed by atoms with Crippen molar-refractivity contribution in [3.05, 3.63) is 50.1 Å². The average molecular weight is 325 g/mol. The molecule has 0 radical (unpaired) electrons. The van der Waals surface area contributed by atoms with Crippen molar-refractivity contribution < 1.29 is 9.84 Å². The Kier molecular flexibility index (Phi) is 3.18. The maximum absolute atomic E-state index is 10.2. The summed E-state index contributed by atoms with van der Waals surface area (Å²) in [5.41, 5.74) is 2.11. The Balaban J connectivity index is 1.98. The Morgan fingerprint density at radius 1 is 1.39 bits per heavy atom. The van der Waals surface area contributed by atoms with Crippen LogP contribution in [0.4, 0.5) is 0 Å². The fraction of sp³-hybridized carbons (Fsp3) is 0.286. The van der Waals surface area contributed by atoms with Crippen molar-refractivity contribution in [1.29, 1.82) is 0 Å². The molecular formula is C14H13BrO2S. The van der Waals surface area contributed by atoms with Crippen LogP contribution in [-0.2, 0) is 0 Å². The first kappa shape index (κ1) is 12.2. The second kappa shape index (κ2) is 4.68. The number of rotatable bonds is 1. The number of aryl methyl sites for hydroxylation is 1. The normalized spacial score (nSPS) is 22.4. The highest BCUT2D eigenvalue weighted by Crippen LogP contribution is 2.43. The molecule has 0 spiro atoms. The van der Waals surface area contributed by atoms with E-state index < -0.39 is 6.10 Å². The molecule has 3 rings (SSSR count). The van der Waals surface area contributed by atoms with Gasteiger partial charge in [-0.05, 0) is 36.1 Å². The predicted molar refractivity (Wildman–Crippen MR) is 76.1 cm³/mol. The Labute approximate surface area is 118 Å². The lowest BCUT2D eigenvalue weighted by Crippen LogP contribution is -2.18. The van der Waals surface area contributed by atoms with Gasteiger partial charge in [-0.1, -0.05) is 22.0 Å². The number of aliphatic hydroxyl groups excluding tert-OH is 1. The quantitative estimate of drug-likeness (QED) is 0.843. The van der Waals surface area contributed by atoms with Crippen molar-refractivity contribution in [2.24, 2.45) is 0 Å². The molecule has 1 aliphatic rings. The molecule has 2 nitrogen and oxygen atoms in total. The SMILES string of the molecule is Cc1ccsc1C1C[C@@H](O)c2ccc(Br)cc2O1. The van der Waals surface area contributed by atoms with Crippen LogP contribution in [0.5, 0.6) is 5.75 Å². The zero-order valence-electron chi connectivity index (χ0n) is 9.89. The number of fused-ring (bicyclic) bond motifs is 1. The Morgan fingerprint density at radius 3 is 2.94 bits per heavy atom. The summed E-state index contributed by atoms with van der Waals surface area (Å²) in [6, 6.07) is 7.86. The highest BCUT2D eigenvalue weighted by molar-refractivity contribution is 9.10. The Hall–Kier alpha value is -0.840. The number of aliphatic hydroxyl groups is 1. The number of thiophene rings is 1. The molecule has 1 unspecified atom stereocenters. The minimum atomic E-state index is -0.451. The van der Waals surface area contributed by atoms with Gasteiger partial charge in [-0.15, -0.1) is 11.3 Å². The van der Waals surface area contributed by atoms with Crippen LogP contribution in [0, 0.1) is 6.92 Å². The van der Waals surface area contributed by atoms with Crippen molar-refractivity contribution in [1.82, 2.24) is 0 Å². The molecule has 4 heteroatoms. The van der Waals surface area contributed by atoms with E-state index >= 15 is 0 Å². The third kappa shape index (κ3) is 2.09. The molecule has 0 aliphatic carbocycles. The largest absolute Gasteiger partial charge is 0.484 e. The van der Waals surface area contributed by atoms with Crippen molar-refractivity contribution in [2.45, 2.75) is 25.6 Å². The molecule has 0 bridgehead atoms. The van der Waals surface area contributed by atoms with Crippen LogP contribution >= 0.6 is 27.3 Å². The number of hydrogen-bond donors (Lipinski definition) is 1. The number of ether oxygens (including phenoxy) is 1. The van der Waals surface area contributed by atoms with Gasteiger partial charge in [0.15, 0.2) is 0 Å². The molecule has 1 aliphatic heterocycles. The molecule has 0 saturated carbocycles. The summed E-state index contributed by atoms with van der Waals surface area (Å²) in [6.07, 6.45) is 0.130. The molecule has 94 valence electrons. The summed E-state index contributed by atoms with van der Waals surface area (Å²) in [6.45, 7) is 2.08. The van der Waals surface area contributed by atoms with E-state index in [9.17, 15) is 5.11 Å². The predicted octanol–water partition coefficient (Wildman–Crippen LogP) is 4.38.